The number of rotatable bonds is 8. The predicted molar refractivity (Wildman–Crippen MR) is 96.9 cm³/mol. The van der Waals surface area contributed by atoms with Gasteiger partial charge in [-0.05, 0) is 54.7 Å². The maximum Gasteiger partial charge on any atom is 0.307 e. The Morgan fingerprint density at radius 2 is 1.67 bits per heavy atom. The standard InChI is InChI=1S/C18H19BrO4S/c19-16-7-9-17(10-8-16)24(22,23)11-2-1-4-14-5-3-6-15(12-14)13-18(20)21/h3,5-10,12H,1-2,4,11,13H2,(H,20,21). The van der Waals surface area contributed by atoms with Gasteiger partial charge >= 0.3 is 5.97 Å². The molecule has 0 aliphatic rings. The van der Waals surface area contributed by atoms with Crippen LogP contribution >= 0.6 is 15.9 Å². The molecule has 2 aromatic rings. The molecule has 0 atom stereocenters. The van der Waals surface area contributed by atoms with Gasteiger partial charge in [0.15, 0.2) is 9.84 Å². The second kappa shape index (κ2) is 8.44. The van der Waals surface area contributed by atoms with Crippen LogP contribution in [0.4, 0.5) is 0 Å². The molecule has 4 nitrogen and oxygen atoms in total. The third-order valence-electron chi connectivity index (χ3n) is 3.65. The Morgan fingerprint density at radius 1 is 1.00 bits per heavy atom. The monoisotopic (exact) mass is 410 g/mol. The largest absolute Gasteiger partial charge is 0.481 e. The summed E-state index contributed by atoms with van der Waals surface area (Å²) in [6, 6.07) is 14.1. The number of carbonyl (C=O) groups is 1. The molecule has 1 N–H and O–H groups in total. The van der Waals surface area contributed by atoms with Crippen LogP contribution in [0.15, 0.2) is 57.9 Å². The van der Waals surface area contributed by atoms with E-state index in [1.54, 1.807) is 30.3 Å². The van der Waals surface area contributed by atoms with Gasteiger partial charge in [0.2, 0.25) is 0 Å². The van der Waals surface area contributed by atoms with E-state index in [-0.39, 0.29) is 12.2 Å². The molecule has 0 radical (unpaired) electrons. The number of carboxylic acids is 1. The smallest absolute Gasteiger partial charge is 0.307 e. The number of sulfone groups is 1. The Kier molecular flexibility index (Phi) is 6.57. The van der Waals surface area contributed by atoms with Gasteiger partial charge in [0.25, 0.3) is 0 Å². The van der Waals surface area contributed by atoms with E-state index in [1.165, 1.54) is 0 Å². The van der Waals surface area contributed by atoms with Crippen LogP contribution in [-0.2, 0) is 27.5 Å². The fourth-order valence-electron chi connectivity index (χ4n) is 2.45. The maximum absolute atomic E-state index is 12.2. The molecule has 0 bridgehead atoms. The lowest BCUT2D eigenvalue weighted by atomic mass is 10.0. The second-order valence-electron chi connectivity index (χ2n) is 5.62. The topological polar surface area (TPSA) is 71.4 Å². The Balaban J connectivity index is 1.86. The van der Waals surface area contributed by atoms with Crippen molar-refractivity contribution in [3.05, 3.63) is 64.1 Å². The minimum absolute atomic E-state index is 0.00574. The molecule has 0 fully saturated rings. The summed E-state index contributed by atoms with van der Waals surface area (Å²) < 4.78 is 25.3. The highest BCUT2D eigenvalue weighted by Gasteiger charge is 2.13. The zero-order chi connectivity index (χ0) is 17.6. The summed E-state index contributed by atoms with van der Waals surface area (Å²) in [7, 11) is -3.25. The van der Waals surface area contributed by atoms with Gasteiger partial charge in [-0.25, -0.2) is 8.42 Å². The molecule has 0 spiro atoms. The van der Waals surface area contributed by atoms with E-state index in [2.05, 4.69) is 15.9 Å². The number of hydrogen-bond donors (Lipinski definition) is 1. The predicted octanol–water partition coefficient (Wildman–Crippen LogP) is 3.87. The molecule has 2 rings (SSSR count). The highest BCUT2D eigenvalue weighted by atomic mass is 79.9. The molecule has 0 saturated heterocycles. The minimum Gasteiger partial charge on any atom is -0.481 e. The summed E-state index contributed by atoms with van der Waals surface area (Å²) in [6.07, 6.45) is 2.06. The van der Waals surface area contributed by atoms with E-state index in [0.717, 1.165) is 28.4 Å². The molecule has 128 valence electrons. The Labute approximate surface area is 150 Å². The van der Waals surface area contributed by atoms with E-state index >= 15 is 0 Å². The van der Waals surface area contributed by atoms with Gasteiger partial charge in [-0.3, -0.25) is 4.79 Å². The molecule has 6 heteroatoms. The fourth-order valence-corrected chi connectivity index (χ4v) is 4.09. The van der Waals surface area contributed by atoms with Crippen molar-refractivity contribution in [3.8, 4) is 0 Å². The van der Waals surface area contributed by atoms with Crippen molar-refractivity contribution in [2.24, 2.45) is 0 Å². The summed E-state index contributed by atoms with van der Waals surface area (Å²) >= 11 is 3.29. The van der Waals surface area contributed by atoms with Gasteiger partial charge in [0.1, 0.15) is 0 Å². The van der Waals surface area contributed by atoms with Gasteiger partial charge in [0, 0.05) is 4.47 Å². The minimum atomic E-state index is -3.25. The number of benzene rings is 2. The lowest BCUT2D eigenvalue weighted by Gasteiger charge is -2.06. The van der Waals surface area contributed by atoms with Crippen LogP contribution in [0, 0.1) is 0 Å². The van der Waals surface area contributed by atoms with Crippen molar-refractivity contribution in [1.82, 2.24) is 0 Å². The Hall–Kier alpha value is -1.66. The first-order chi connectivity index (χ1) is 11.4. The Bertz CT molecular complexity index is 798. The van der Waals surface area contributed by atoms with Crippen LogP contribution in [-0.4, -0.2) is 25.2 Å². The van der Waals surface area contributed by atoms with Crippen molar-refractivity contribution in [2.75, 3.05) is 5.75 Å². The molecule has 0 unspecified atom stereocenters. The SMILES string of the molecule is O=C(O)Cc1cccc(CCCCS(=O)(=O)c2ccc(Br)cc2)c1. The fraction of sp³-hybridized carbons (Fsp3) is 0.278. The van der Waals surface area contributed by atoms with Gasteiger partial charge in [-0.2, -0.15) is 0 Å². The second-order valence-corrected chi connectivity index (χ2v) is 8.65. The summed E-state index contributed by atoms with van der Waals surface area (Å²) in [5, 5.41) is 8.82. The normalized spacial score (nSPS) is 11.4. The number of hydrogen-bond acceptors (Lipinski definition) is 3. The number of aryl methyl sites for hydroxylation is 1. The van der Waals surface area contributed by atoms with Gasteiger partial charge in [0.05, 0.1) is 17.1 Å². The van der Waals surface area contributed by atoms with E-state index in [9.17, 15) is 13.2 Å². The molecule has 0 saturated carbocycles. The van der Waals surface area contributed by atoms with Crippen LogP contribution in [0.5, 0.6) is 0 Å². The number of halogens is 1. The van der Waals surface area contributed by atoms with Crippen LogP contribution < -0.4 is 0 Å². The van der Waals surface area contributed by atoms with Gasteiger partial charge in [-0.1, -0.05) is 40.2 Å². The zero-order valence-electron chi connectivity index (χ0n) is 13.1. The average Bonchev–Trinajstić information content (AvgIpc) is 2.52. The quantitative estimate of drug-likeness (QED) is 0.670. The summed E-state index contributed by atoms with van der Waals surface area (Å²) in [5.74, 6) is -0.739. The molecule has 2 aromatic carbocycles. The lowest BCUT2D eigenvalue weighted by Crippen LogP contribution is -2.07. The first kappa shape index (κ1) is 18.7. The lowest BCUT2D eigenvalue weighted by molar-refractivity contribution is -0.136. The maximum atomic E-state index is 12.2. The van der Waals surface area contributed by atoms with E-state index in [0.29, 0.717) is 11.3 Å². The Morgan fingerprint density at radius 3 is 2.33 bits per heavy atom. The average molecular weight is 411 g/mol. The number of carboxylic acid groups (broad SMARTS) is 1. The molecule has 0 heterocycles. The van der Waals surface area contributed by atoms with E-state index < -0.39 is 15.8 Å². The first-order valence-corrected chi connectivity index (χ1v) is 10.1. The molecular weight excluding hydrogens is 392 g/mol. The molecule has 0 amide bonds. The molecule has 0 aliphatic carbocycles. The van der Waals surface area contributed by atoms with Crippen LogP contribution in [0.2, 0.25) is 0 Å². The van der Waals surface area contributed by atoms with Gasteiger partial charge < -0.3 is 5.11 Å². The van der Waals surface area contributed by atoms with Crippen molar-refractivity contribution in [2.45, 2.75) is 30.6 Å². The zero-order valence-corrected chi connectivity index (χ0v) is 15.5. The summed E-state index contributed by atoms with van der Waals surface area (Å²) in [6.45, 7) is 0. The third-order valence-corrected chi connectivity index (χ3v) is 5.99. The highest BCUT2D eigenvalue weighted by Crippen LogP contribution is 2.17. The molecule has 24 heavy (non-hydrogen) atoms. The van der Waals surface area contributed by atoms with Crippen molar-refractivity contribution < 1.29 is 18.3 Å². The summed E-state index contributed by atoms with van der Waals surface area (Å²) in [5.41, 5.74) is 1.80. The number of aliphatic carboxylic acids is 1. The highest BCUT2D eigenvalue weighted by molar-refractivity contribution is 9.10. The third kappa shape index (κ3) is 5.76. The van der Waals surface area contributed by atoms with E-state index in [1.807, 2.05) is 18.2 Å². The molecule has 0 aromatic heterocycles. The number of unbranched alkanes of at least 4 members (excludes halogenated alkanes) is 1. The van der Waals surface area contributed by atoms with Crippen LogP contribution in [0.3, 0.4) is 0 Å². The van der Waals surface area contributed by atoms with Crippen molar-refractivity contribution in [3.63, 3.8) is 0 Å². The molecular formula is C18H19BrO4S. The summed E-state index contributed by atoms with van der Waals surface area (Å²) in [4.78, 5) is 11.1. The molecule has 0 aliphatic heterocycles. The van der Waals surface area contributed by atoms with Gasteiger partial charge in [-0.15, -0.1) is 0 Å². The van der Waals surface area contributed by atoms with Crippen molar-refractivity contribution >= 4 is 31.7 Å². The van der Waals surface area contributed by atoms with Crippen LogP contribution in [0.1, 0.15) is 24.0 Å². The van der Waals surface area contributed by atoms with Crippen molar-refractivity contribution in [1.29, 1.82) is 0 Å². The van der Waals surface area contributed by atoms with Crippen LogP contribution in [0.25, 0.3) is 0 Å². The first-order valence-electron chi connectivity index (χ1n) is 7.65. The van der Waals surface area contributed by atoms with E-state index in [4.69, 9.17) is 5.11 Å².